The molecule has 2 N–H and O–H groups in total. The van der Waals surface area contributed by atoms with E-state index in [0.29, 0.717) is 35.2 Å². The molecule has 0 radical (unpaired) electrons. The molecule has 2 aromatic heterocycles. The van der Waals surface area contributed by atoms with E-state index in [0.717, 1.165) is 5.56 Å². The lowest BCUT2D eigenvalue weighted by Gasteiger charge is -2.11. The van der Waals surface area contributed by atoms with Gasteiger partial charge in [-0.3, -0.25) is 9.78 Å². The van der Waals surface area contributed by atoms with E-state index in [4.69, 9.17) is 9.47 Å². The summed E-state index contributed by atoms with van der Waals surface area (Å²) in [5.41, 5.74) is 1.89. The number of aromatic nitrogens is 3. The number of nitrogens with zero attached hydrogens (tertiary/aromatic N) is 3. The van der Waals surface area contributed by atoms with Gasteiger partial charge in [0.05, 0.1) is 25.5 Å². The molecule has 138 valence electrons. The van der Waals surface area contributed by atoms with Gasteiger partial charge in [-0.2, -0.15) is 0 Å². The van der Waals surface area contributed by atoms with Crippen molar-refractivity contribution >= 4 is 17.5 Å². The Morgan fingerprint density at radius 1 is 1.04 bits per heavy atom. The average Bonchev–Trinajstić information content (AvgIpc) is 2.73. The maximum Gasteiger partial charge on any atom is 0.258 e. The van der Waals surface area contributed by atoms with Gasteiger partial charge < -0.3 is 20.1 Å². The molecule has 0 unspecified atom stereocenters. The Labute approximate surface area is 156 Å². The van der Waals surface area contributed by atoms with Crippen LogP contribution >= 0.6 is 0 Å². The molecule has 0 spiro atoms. The van der Waals surface area contributed by atoms with E-state index in [1.54, 1.807) is 37.7 Å². The second-order valence-corrected chi connectivity index (χ2v) is 5.52. The van der Waals surface area contributed by atoms with Crippen LogP contribution in [0.5, 0.6) is 11.5 Å². The highest BCUT2D eigenvalue weighted by Gasteiger charge is 2.12. The van der Waals surface area contributed by atoms with Crippen LogP contribution in [0.3, 0.4) is 0 Å². The Morgan fingerprint density at radius 3 is 2.44 bits per heavy atom. The molecule has 1 aromatic carbocycles. The standard InChI is InChI=1S/C19H19N5O3/c1-26-15-3-4-17(27-2)16(9-15)24-18(25)14-11-22-19(23-12-14)21-10-13-5-7-20-8-6-13/h3-9,11-12H,10H2,1-2H3,(H,24,25)(H,21,22,23). The van der Waals surface area contributed by atoms with Crippen molar-refractivity contribution in [2.24, 2.45) is 0 Å². The van der Waals surface area contributed by atoms with Crippen LogP contribution in [0, 0.1) is 0 Å². The summed E-state index contributed by atoms with van der Waals surface area (Å²) in [5.74, 6) is 1.23. The van der Waals surface area contributed by atoms with Gasteiger partial charge in [0, 0.05) is 37.4 Å². The first-order valence-electron chi connectivity index (χ1n) is 8.18. The quantitative estimate of drug-likeness (QED) is 0.664. The summed E-state index contributed by atoms with van der Waals surface area (Å²) in [6, 6.07) is 8.95. The SMILES string of the molecule is COc1ccc(OC)c(NC(=O)c2cnc(NCc3ccncc3)nc2)c1. The number of pyridine rings is 1. The third kappa shape index (κ3) is 4.69. The predicted molar refractivity (Wildman–Crippen MR) is 101 cm³/mol. The molecule has 0 fully saturated rings. The minimum atomic E-state index is -0.345. The second kappa shape index (κ2) is 8.61. The number of anilines is 2. The molecule has 8 heteroatoms. The van der Waals surface area contributed by atoms with Gasteiger partial charge in [0.15, 0.2) is 0 Å². The Kier molecular flexibility index (Phi) is 5.78. The number of hydrogen-bond acceptors (Lipinski definition) is 7. The number of carbonyl (C=O) groups is 1. The summed E-state index contributed by atoms with van der Waals surface area (Å²) in [7, 11) is 3.09. The summed E-state index contributed by atoms with van der Waals surface area (Å²) in [6.45, 7) is 0.565. The molecule has 0 aliphatic heterocycles. The lowest BCUT2D eigenvalue weighted by Crippen LogP contribution is -2.14. The van der Waals surface area contributed by atoms with Gasteiger partial charge in [-0.05, 0) is 29.8 Å². The molecule has 0 aliphatic rings. The van der Waals surface area contributed by atoms with E-state index >= 15 is 0 Å². The van der Waals surface area contributed by atoms with E-state index in [1.807, 2.05) is 12.1 Å². The van der Waals surface area contributed by atoms with Crippen LogP contribution in [0.2, 0.25) is 0 Å². The lowest BCUT2D eigenvalue weighted by atomic mass is 10.2. The molecular formula is C19H19N5O3. The Morgan fingerprint density at radius 2 is 1.78 bits per heavy atom. The largest absolute Gasteiger partial charge is 0.497 e. The first-order valence-corrected chi connectivity index (χ1v) is 8.18. The van der Waals surface area contributed by atoms with Gasteiger partial charge in [0.1, 0.15) is 11.5 Å². The molecule has 27 heavy (non-hydrogen) atoms. The molecule has 8 nitrogen and oxygen atoms in total. The predicted octanol–water partition coefficient (Wildman–Crippen LogP) is 2.75. The molecule has 0 aliphatic carbocycles. The average molecular weight is 365 g/mol. The van der Waals surface area contributed by atoms with Crippen LogP contribution in [0.4, 0.5) is 11.6 Å². The molecular weight excluding hydrogens is 346 g/mol. The summed E-state index contributed by atoms with van der Waals surface area (Å²) in [5, 5.41) is 5.87. The van der Waals surface area contributed by atoms with Crippen molar-refractivity contribution in [3.05, 3.63) is 66.2 Å². The molecule has 0 bridgehead atoms. The fourth-order valence-corrected chi connectivity index (χ4v) is 2.32. The van der Waals surface area contributed by atoms with Crippen LogP contribution in [-0.4, -0.2) is 35.1 Å². The molecule has 2 heterocycles. The summed E-state index contributed by atoms with van der Waals surface area (Å²) >= 11 is 0. The lowest BCUT2D eigenvalue weighted by molar-refractivity contribution is 0.102. The number of methoxy groups -OCH3 is 2. The number of carbonyl (C=O) groups excluding carboxylic acids is 1. The van der Waals surface area contributed by atoms with Crippen molar-refractivity contribution in [3.63, 3.8) is 0 Å². The third-order valence-corrected chi connectivity index (χ3v) is 3.77. The first kappa shape index (κ1) is 18.1. The molecule has 3 rings (SSSR count). The Hall–Kier alpha value is -3.68. The first-order chi connectivity index (χ1) is 13.2. The van der Waals surface area contributed by atoms with E-state index in [-0.39, 0.29) is 5.91 Å². The maximum atomic E-state index is 12.5. The third-order valence-electron chi connectivity index (χ3n) is 3.77. The van der Waals surface area contributed by atoms with Gasteiger partial charge in [-0.1, -0.05) is 0 Å². The number of hydrogen-bond donors (Lipinski definition) is 2. The van der Waals surface area contributed by atoms with Crippen molar-refractivity contribution in [2.75, 3.05) is 24.9 Å². The number of amides is 1. The van der Waals surface area contributed by atoms with Gasteiger partial charge in [0.25, 0.3) is 5.91 Å². The van der Waals surface area contributed by atoms with Crippen molar-refractivity contribution in [2.45, 2.75) is 6.54 Å². The van der Waals surface area contributed by atoms with E-state index in [2.05, 4.69) is 25.6 Å². The molecule has 0 saturated heterocycles. The van der Waals surface area contributed by atoms with Gasteiger partial charge >= 0.3 is 0 Å². The van der Waals surface area contributed by atoms with Crippen LogP contribution < -0.4 is 20.1 Å². The van der Waals surface area contributed by atoms with Gasteiger partial charge in [-0.25, -0.2) is 9.97 Å². The fourth-order valence-electron chi connectivity index (χ4n) is 2.32. The highest BCUT2D eigenvalue weighted by molar-refractivity contribution is 6.04. The van der Waals surface area contributed by atoms with Crippen molar-refractivity contribution in [3.8, 4) is 11.5 Å². The minimum Gasteiger partial charge on any atom is -0.497 e. The van der Waals surface area contributed by atoms with Crippen LogP contribution in [0.1, 0.15) is 15.9 Å². The Balaban J connectivity index is 1.65. The number of rotatable bonds is 7. The topological polar surface area (TPSA) is 98.3 Å². The summed E-state index contributed by atoms with van der Waals surface area (Å²) < 4.78 is 10.4. The fraction of sp³-hybridized carbons (Fsp3) is 0.158. The van der Waals surface area contributed by atoms with Crippen LogP contribution in [0.25, 0.3) is 0 Å². The summed E-state index contributed by atoms with van der Waals surface area (Å²) in [4.78, 5) is 24.8. The molecule has 3 aromatic rings. The smallest absolute Gasteiger partial charge is 0.258 e. The number of nitrogens with one attached hydrogen (secondary N) is 2. The normalized spacial score (nSPS) is 10.1. The molecule has 0 saturated carbocycles. The maximum absolute atomic E-state index is 12.5. The second-order valence-electron chi connectivity index (χ2n) is 5.52. The van der Waals surface area contributed by atoms with E-state index in [9.17, 15) is 4.79 Å². The molecule has 0 atom stereocenters. The highest BCUT2D eigenvalue weighted by atomic mass is 16.5. The zero-order chi connectivity index (χ0) is 19.1. The Bertz CT molecular complexity index is 901. The molecule has 1 amide bonds. The van der Waals surface area contributed by atoms with Gasteiger partial charge in [-0.15, -0.1) is 0 Å². The monoisotopic (exact) mass is 365 g/mol. The van der Waals surface area contributed by atoms with Crippen molar-refractivity contribution in [1.82, 2.24) is 15.0 Å². The van der Waals surface area contributed by atoms with Crippen molar-refractivity contribution < 1.29 is 14.3 Å². The van der Waals surface area contributed by atoms with E-state index in [1.165, 1.54) is 19.5 Å². The van der Waals surface area contributed by atoms with Crippen molar-refractivity contribution in [1.29, 1.82) is 0 Å². The zero-order valence-corrected chi connectivity index (χ0v) is 15.0. The number of benzene rings is 1. The van der Waals surface area contributed by atoms with E-state index < -0.39 is 0 Å². The zero-order valence-electron chi connectivity index (χ0n) is 15.0. The minimum absolute atomic E-state index is 0.328. The van der Waals surface area contributed by atoms with Crippen LogP contribution in [0.15, 0.2) is 55.1 Å². The van der Waals surface area contributed by atoms with Gasteiger partial charge in [0.2, 0.25) is 5.95 Å². The van der Waals surface area contributed by atoms with Crippen LogP contribution in [-0.2, 0) is 6.54 Å². The summed E-state index contributed by atoms with van der Waals surface area (Å²) in [6.07, 6.45) is 6.37. The highest BCUT2D eigenvalue weighted by Crippen LogP contribution is 2.29. The number of ether oxygens (including phenoxy) is 2.